The van der Waals surface area contributed by atoms with Crippen LogP contribution in [-0.4, -0.2) is 71.7 Å². The third kappa shape index (κ3) is 5.93. The van der Waals surface area contributed by atoms with Crippen LogP contribution in [0.1, 0.15) is 51.9 Å². The van der Waals surface area contributed by atoms with Crippen LogP contribution in [-0.2, 0) is 4.74 Å². The van der Waals surface area contributed by atoms with Gasteiger partial charge in [-0.3, -0.25) is 4.90 Å². The third-order valence-electron chi connectivity index (χ3n) is 6.09. The molecule has 0 aromatic heterocycles. The monoisotopic (exact) mass is 398 g/mol. The van der Waals surface area contributed by atoms with Crippen molar-refractivity contribution >= 4 is 24.8 Å². The fraction of sp³-hybridized carbons (Fsp3) is 1.00. The maximum absolute atomic E-state index is 10.6. The van der Waals surface area contributed by atoms with Gasteiger partial charge in [0.05, 0.1) is 18.8 Å². The van der Waals surface area contributed by atoms with Crippen molar-refractivity contribution in [1.82, 2.24) is 10.2 Å². The molecule has 7 heteroatoms. The minimum atomic E-state index is -0.577. The normalized spacial score (nSPS) is 35.2. The smallest absolute Gasteiger partial charge is 0.109 e. The van der Waals surface area contributed by atoms with Crippen LogP contribution in [0.15, 0.2) is 0 Å². The topological polar surface area (TPSA) is 65.0 Å². The van der Waals surface area contributed by atoms with E-state index in [1.807, 2.05) is 0 Å². The molecule has 3 fully saturated rings. The van der Waals surface area contributed by atoms with Gasteiger partial charge >= 0.3 is 0 Å². The number of ether oxygens (including phenoxy) is 1. The molecule has 2 aliphatic heterocycles. The second kappa shape index (κ2) is 11.3. The minimum Gasteiger partial charge on any atom is -0.394 e. The standard InChI is InChI=1S/C18H34N2O3.2ClH/c1-13-7-9-20(10-8-13)17-15(23-16(12-21)18(17)22)11-19-14-5-3-2-4-6-14;;/h13-19,21-22H,2-12H2,1H3;2*1H/t15-,16+,17+,18-;;/m1../s1. The summed E-state index contributed by atoms with van der Waals surface area (Å²) in [6.45, 7) is 5.06. The molecular weight excluding hydrogens is 363 g/mol. The molecule has 1 saturated carbocycles. The van der Waals surface area contributed by atoms with E-state index in [1.54, 1.807) is 0 Å². The molecule has 150 valence electrons. The number of hydrogen-bond donors (Lipinski definition) is 3. The fourth-order valence-corrected chi connectivity index (χ4v) is 4.51. The van der Waals surface area contributed by atoms with E-state index in [0.29, 0.717) is 6.04 Å². The van der Waals surface area contributed by atoms with E-state index in [-0.39, 0.29) is 43.6 Å². The molecule has 3 rings (SSSR count). The number of likely N-dealkylation sites (tertiary alicyclic amines) is 1. The molecule has 0 radical (unpaired) electrons. The van der Waals surface area contributed by atoms with Gasteiger partial charge in [0.1, 0.15) is 12.2 Å². The first kappa shape index (κ1) is 23.4. The molecule has 0 aromatic carbocycles. The average molecular weight is 399 g/mol. The summed E-state index contributed by atoms with van der Waals surface area (Å²) in [5, 5.41) is 23.8. The molecule has 0 unspecified atom stereocenters. The SMILES string of the molecule is CC1CCN([C@@H]2[C@H](O)[C@H](CO)O[C@@H]2CNC2CCCCC2)CC1.Cl.Cl. The molecule has 0 bridgehead atoms. The summed E-state index contributed by atoms with van der Waals surface area (Å²) in [5.41, 5.74) is 0. The zero-order chi connectivity index (χ0) is 16.2. The van der Waals surface area contributed by atoms with Crippen molar-refractivity contribution < 1.29 is 14.9 Å². The largest absolute Gasteiger partial charge is 0.394 e. The van der Waals surface area contributed by atoms with E-state index >= 15 is 0 Å². The lowest BCUT2D eigenvalue weighted by molar-refractivity contribution is -0.0220. The number of hydrogen-bond acceptors (Lipinski definition) is 5. The lowest BCUT2D eigenvalue weighted by Gasteiger charge is -2.38. The van der Waals surface area contributed by atoms with Gasteiger partial charge in [0, 0.05) is 12.6 Å². The Hall–Kier alpha value is 0.380. The number of aliphatic hydroxyl groups excluding tert-OH is 2. The Morgan fingerprint density at radius 1 is 1.00 bits per heavy atom. The van der Waals surface area contributed by atoms with E-state index in [1.165, 1.54) is 44.9 Å². The van der Waals surface area contributed by atoms with Gasteiger partial charge in [0.2, 0.25) is 0 Å². The van der Waals surface area contributed by atoms with E-state index in [4.69, 9.17) is 4.74 Å². The Bertz CT molecular complexity index is 364. The molecule has 0 spiro atoms. The van der Waals surface area contributed by atoms with Crippen LogP contribution in [0.2, 0.25) is 0 Å². The highest BCUT2D eigenvalue weighted by molar-refractivity contribution is 5.85. The summed E-state index contributed by atoms with van der Waals surface area (Å²) >= 11 is 0. The molecule has 0 aromatic rings. The number of aliphatic hydroxyl groups is 2. The van der Waals surface area contributed by atoms with Crippen LogP contribution < -0.4 is 5.32 Å². The van der Waals surface area contributed by atoms with Gasteiger partial charge in [0.25, 0.3) is 0 Å². The Balaban J connectivity index is 0.00000156. The minimum absolute atomic E-state index is 0. The van der Waals surface area contributed by atoms with Crippen molar-refractivity contribution in [2.24, 2.45) is 5.92 Å². The molecule has 0 amide bonds. The first-order valence-electron chi connectivity index (χ1n) is 9.61. The predicted molar refractivity (Wildman–Crippen MR) is 105 cm³/mol. The van der Waals surface area contributed by atoms with Gasteiger partial charge < -0.3 is 20.3 Å². The van der Waals surface area contributed by atoms with Crippen molar-refractivity contribution in [2.45, 2.75) is 82.3 Å². The second-order valence-electron chi connectivity index (χ2n) is 7.84. The van der Waals surface area contributed by atoms with Crippen LogP contribution in [0.3, 0.4) is 0 Å². The summed E-state index contributed by atoms with van der Waals surface area (Å²) in [6.07, 6.45) is 7.86. The maximum Gasteiger partial charge on any atom is 0.109 e. The summed E-state index contributed by atoms with van der Waals surface area (Å²) in [7, 11) is 0. The van der Waals surface area contributed by atoms with Crippen LogP contribution in [0, 0.1) is 5.92 Å². The maximum atomic E-state index is 10.6. The molecule has 1 aliphatic carbocycles. The summed E-state index contributed by atoms with van der Waals surface area (Å²) in [5.74, 6) is 0.776. The zero-order valence-electron chi connectivity index (χ0n) is 15.3. The zero-order valence-corrected chi connectivity index (χ0v) is 16.9. The van der Waals surface area contributed by atoms with E-state index in [9.17, 15) is 10.2 Å². The van der Waals surface area contributed by atoms with Crippen molar-refractivity contribution in [3.8, 4) is 0 Å². The molecular formula is C18H36Cl2N2O3. The van der Waals surface area contributed by atoms with Crippen LogP contribution in [0.4, 0.5) is 0 Å². The summed E-state index contributed by atoms with van der Waals surface area (Å²) in [4.78, 5) is 2.40. The quantitative estimate of drug-likeness (QED) is 0.660. The van der Waals surface area contributed by atoms with Gasteiger partial charge in [0.15, 0.2) is 0 Å². The number of piperidine rings is 1. The van der Waals surface area contributed by atoms with Crippen molar-refractivity contribution in [1.29, 1.82) is 0 Å². The van der Waals surface area contributed by atoms with Gasteiger partial charge in [-0.05, 0) is 44.7 Å². The van der Waals surface area contributed by atoms with Crippen LogP contribution in [0.5, 0.6) is 0 Å². The number of halogens is 2. The highest BCUT2D eigenvalue weighted by Gasteiger charge is 2.46. The number of nitrogens with zero attached hydrogens (tertiary/aromatic N) is 1. The number of rotatable bonds is 5. The van der Waals surface area contributed by atoms with Crippen molar-refractivity contribution in [3.05, 3.63) is 0 Å². The Morgan fingerprint density at radius 2 is 1.64 bits per heavy atom. The van der Waals surface area contributed by atoms with Crippen molar-refractivity contribution in [2.75, 3.05) is 26.2 Å². The summed E-state index contributed by atoms with van der Waals surface area (Å²) < 4.78 is 6.00. The average Bonchev–Trinajstić information content (AvgIpc) is 2.90. The Morgan fingerprint density at radius 3 is 2.24 bits per heavy atom. The Kier molecular flexibility index (Phi) is 10.6. The highest BCUT2D eigenvalue weighted by atomic mass is 35.5. The lowest BCUT2D eigenvalue weighted by Crippen LogP contribution is -2.53. The number of nitrogens with one attached hydrogen (secondary N) is 1. The first-order valence-corrected chi connectivity index (χ1v) is 9.61. The van der Waals surface area contributed by atoms with E-state index in [0.717, 1.165) is 25.6 Å². The van der Waals surface area contributed by atoms with Gasteiger partial charge in [-0.1, -0.05) is 26.2 Å². The van der Waals surface area contributed by atoms with E-state index < -0.39 is 12.2 Å². The molecule has 2 saturated heterocycles. The Labute approximate surface area is 164 Å². The van der Waals surface area contributed by atoms with Crippen LogP contribution >= 0.6 is 24.8 Å². The molecule has 3 N–H and O–H groups in total. The predicted octanol–water partition coefficient (Wildman–Crippen LogP) is 1.97. The van der Waals surface area contributed by atoms with Gasteiger partial charge in [-0.25, -0.2) is 0 Å². The van der Waals surface area contributed by atoms with Gasteiger partial charge in [-0.15, -0.1) is 24.8 Å². The first-order chi connectivity index (χ1) is 11.2. The lowest BCUT2D eigenvalue weighted by atomic mass is 9.93. The molecule has 5 nitrogen and oxygen atoms in total. The molecule has 4 atom stereocenters. The highest BCUT2D eigenvalue weighted by Crippen LogP contribution is 2.29. The molecule has 3 aliphatic rings. The third-order valence-corrected chi connectivity index (χ3v) is 6.09. The fourth-order valence-electron chi connectivity index (χ4n) is 4.51. The molecule has 2 heterocycles. The van der Waals surface area contributed by atoms with E-state index in [2.05, 4.69) is 17.1 Å². The van der Waals surface area contributed by atoms with Gasteiger partial charge in [-0.2, -0.15) is 0 Å². The van der Waals surface area contributed by atoms with Crippen molar-refractivity contribution in [3.63, 3.8) is 0 Å². The van der Waals surface area contributed by atoms with Crippen LogP contribution in [0.25, 0.3) is 0 Å². The molecule has 25 heavy (non-hydrogen) atoms. The summed E-state index contributed by atoms with van der Waals surface area (Å²) in [6, 6.07) is 0.621. The second-order valence-corrected chi connectivity index (χ2v) is 7.84.